The zero-order valence-corrected chi connectivity index (χ0v) is 10.2. The molecule has 0 saturated carbocycles. The van der Waals surface area contributed by atoms with Gasteiger partial charge in [-0.25, -0.2) is 0 Å². The molecule has 0 bridgehead atoms. The number of rotatable bonds is 6. The number of hydrogen-bond acceptors (Lipinski definition) is 2. The fourth-order valence-corrected chi connectivity index (χ4v) is 1.59. The van der Waals surface area contributed by atoms with E-state index in [9.17, 15) is 4.79 Å². The van der Waals surface area contributed by atoms with Crippen LogP contribution in [0.5, 0.6) is 0 Å². The lowest BCUT2D eigenvalue weighted by Crippen LogP contribution is -2.34. The Morgan fingerprint density at radius 2 is 2.06 bits per heavy atom. The maximum Gasteiger partial charge on any atom is 0.227 e. The van der Waals surface area contributed by atoms with Crippen molar-refractivity contribution in [1.82, 2.24) is 4.90 Å². The van der Waals surface area contributed by atoms with Gasteiger partial charge in [0.15, 0.2) is 0 Å². The van der Waals surface area contributed by atoms with Crippen molar-refractivity contribution in [2.45, 2.75) is 13.3 Å². The van der Waals surface area contributed by atoms with Crippen molar-refractivity contribution in [2.75, 3.05) is 19.7 Å². The molecule has 3 nitrogen and oxygen atoms in total. The van der Waals surface area contributed by atoms with Crippen LogP contribution in [0.25, 0.3) is 0 Å². The molecule has 0 aliphatic carbocycles. The zero-order chi connectivity index (χ0) is 12.7. The van der Waals surface area contributed by atoms with Crippen LogP contribution in [0.4, 0.5) is 0 Å². The molecular formula is C14H19NO2. The van der Waals surface area contributed by atoms with Crippen LogP contribution in [-0.2, 0) is 11.2 Å². The van der Waals surface area contributed by atoms with Crippen LogP contribution in [0.3, 0.4) is 0 Å². The van der Waals surface area contributed by atoms with Gasteiger partial charge in [0.1, 0.15) is 0 Å². The van der Waals surface area contributed by atoms with Crippen molar-refractivity contribution in [3.8, 4) is 0 Å². The first kappa shape index (κ1) is 13.5. The van der Waals surface area contributed by atoms with Gasteiger partial charge in [-0.15, -0.1) is 6.58 Å². The third-order valence-electron chi connectivity index (χ3n) is 2.55. The van der Waals surface area contributed by atoms with E-state index in [2.05, 4.69) is 6.58 Å². The number of aryl methyl sites for hydroxylation is 1. The molecule has 0 aliphatic rings. The van der Waals surface area contributed by atoms with E-state index < -0.39 is 0 Å². The number of benzene rings is 1. The second kappa shape index (κ2) is 6.86. The molecule has 1 aromatic rings. The van der Waals surface area contributed by atoms with Crippen LogP contribution in [0.2, 0.25) is 0 Å². The smallest absolute Gasteiger partial charge is 0.227 e. The normalized spacial score (nSPS) is 10.0. The summed E-state index contributed by atoms with van der Waals surface area (Å²) in [5.41, 5.74) is 2.17. The second-order valence-electron chi connectivity index (χ2n) is 4.01. The molecule has 0 saturated heterocycles. The Labute approximate surface area is 102 Å². The lowest BCUT2D eigenvalue weighted by molar-refractivity contribution is -0.130. The molecule has 0 spiro atoms. The fourth-order valence-electron chi connectivity index (χ4n) is 1.59. The summed E-state index contributed by atoms with van der Waals surface area (Å²) in [5, 5.41) is 8.89. The Kier molecular flexibility index (Phi) is 5.43. The van der Waals surface area contributed by atoms with Gasteiger partial charge in [0, 0.05) is 13.1 Å². The number of amides is 1. The van der Waals surface area contributed by atoms with Crippen molar-refractivity contribution in [1.29, 1.82) is 0 Å². The minimum atomic E-state index is -0.0204. The Bertz CT molecular complexity index is 370. The molecule has 0 radical (unpaired) electrons. The van der Waals surface area contributed by atoms with Crippen LogP contribution < -0.4 is 0 Å². The van der Waals surface area contributed by atoms with Crippen molar-refractivity contribution in [3.63, 3.8) is 0 Å². The van der Waals surface area contributed by atoms with Crippen molar-refractivity contribution in [2.24, 2.45) is 0 Å². The summed E-state index contributed by atoms with van der Waals surface area (Å²) in [6, 6.07) is 7.90. The van der Waals surface area contributed by atoms with E-state index in [1.807, 2.05) is 31.2 Å². The van der Waals surface area contributed by atoms with E-state index in [0.29, 0.717) is 19.5 Å². The Hall–Kier alpha value is -1.61. The zero-order valence-electron chi connectivity index (χ0n) is 10.2. The van der Waals surface area contributed by atoms with Crippen molar-refractivity contribution in [3.05, 3.63) is 48.0 Å². The van der Waals surface area contributed by atoms with E-state index in [0.717, 1.165) is 5.56 Å². The summed E-state index contributed by atoms with van der Waals surface area (Å²) >= 11 is 0. The first-order valence-electron chi connectivity index (χ1n) is 5.72. The number of carbonyl (C=O) groups is 1. The average molecular weight is 233 g/mol. The summed E-state index contributed by atoms with van der Waals surface area (Å²) in [5.74, 6) is 0.0165. The van der Waals surface area contributed by atoms with Gasteiger partial charge in [0.05, 0.1) is 13.0 Å². The third-order valence-corrected chi connectivity index (χ3v) is 2.55. The predicted octanol–water partition coefficient (Wildman–Crippen LogP) is 1.54. The third kappa shape index (κ3) is 4.41. The lowest BCUT2D eigenvalue weighted by Gasteiger charge is -2.19. The van der Waals surface area contributed by atoms with Gasteiger partial charge in [-0.05, 0) is 12.5 Å². The molecule has 0 aliphatic heterocycles. The summed E-state index contributed by atoms with van der Waals surface area (Å²) in [6.45, 7) is 6.44. The molecule has 17 heavy (non-hydrogen) atoms. The largest absolute Gasteiger partial charge is 0.395 e. The molecular weight excluding hydrogens is 214 g/mol. The molecule has 3 heteroatoms. The lowest BCUT2D eigenvalue weighted by atomic mass is 10.1. The molecule has 1 aromatic carbocycles. The highest BCUT2D eigenvalue weighted by Crippen LogP contribution is 2.06. The topological polar surface area (TPSA) is 40.5 Å². The Morgan fingerprint density at radius 1 is 1.41 bits per heavy atom. The number of carbonyl (C=O) groups excluding carboxylic acids is 1. The number of aliphatic hydroxyl groups is 1. The van der Waals surface area contributed by atoms with Gasteiger partial charge in [-0.3, -0.25) is 4.79 Å². The Balaban J connectivity index is 2.62. The Morgan fingerprint density at radius 3 is 2.59 bits per heavy atom. The van der Waals surface area contributed by atoms with Gasteiger partial charge >= 0.3 is 0 Å². The van der Waals surface area contributed by atoms with Crippen molar-refractivity contribution < 1.29 is 9.90 Å². The van der Waals surface area contributed by atoms with E-state index in [1.54, 1.807) is 11.0 Å². The monoisotopic (exact) mass is 233 g/mol. The SMILES string of the molecule is C=CCN(CCO)C(=O)Cc1ccc(C)cc1. The molecule has 1 N–H and O–H groups in total. The van der Waals surface area contributed by atoms with Crippen LogP contribution in [0, 0.1) is 6.92 Å². The minimum Gasteiger partial charge on any atom is -0.395 e. The van der Waals surface area contributed by atoms with Gasteiger partial charge in [-0.2, -0.15) is 0 Å². The summed E-state index contributed by atoms with van der Waals surface area (Å²) < 4.78 is 0. The van der Waals surface area contributed by atoms with Crippen LogP contribution in [0.1, 0.15) is 11.1 Å². The molecule has 0 fully saturated rings. The fraction of sp³-hybridized carbons (Fsp3) is 0.357. The maximum atomic E-state index is 11.9. The second-order valence-corrected chi connectivity index (χ2v) is 4.01. The van der Waals surface area contributed by atoms with Crippen molar-refractivity contribution >= 4 is 5.91 Å². The van der Waals surface area contributed by atoms with E-state index in [-0.39, 0.29) is 12.5 Å². The van der Waals surface area contributed by atoms with E-state index in [1.165, 1.54) is 5.56 Å². The molecule has 0 atom stereocenters. The number of aliphatic hydroxyl groups excluding tert-OH is 1. The number of hydrogen-bond donors (Lipinski definition) is 1. The molecule has 92 valence electrons. The van der Waals surface area contributed by atoms with Gasteiger partial charge < -0.3 is 10.0 Å². The minimum absolute atomic E-state index is 0.0165. The molecule has 0 heterocycles. The quantitative estimate of drug-likeness (QED) is 0.757. The molecule has 0 unspecified atom stereocenters. The summed E-state index contributed by atoms with van der Waals surface area (Å²) in [6.07, 6.45) is 2.04. The number of nitrogens with zero attached hydrogens (tertiary/aromatic N) is 1. The highest BCUT2D eigenvalue weighted by atomic mass is 16.3. The highest BCUT2D eigenvalue weighted by molar-refractivity contribution is 5.78. The molecule has 1 rings (SSSR count). The van der Waals surface area contributed by atoms with E-state index in [4.69, 9.17) is 5.11 Å². The predicted molar refractivity (Wildman–Crippen MR) is 68.7 cm³/mol. The van der Waals surface area contributed by atoms with Gasteiger partial charge in [0.2, 0.25) is 5.91 Å². The average Bonchev–Trinajstić information content (AvgIpc) is 2.32. The van der Waals surface area contributed by atoms with Crippen LogP contribution in [-0.4, -0.2) is 35.6 Å². The summed E-state index contributed by atoms with van der Waals surface area (Å²) in [4.78, 5) is 13.5. The summed E-state index contributed by atoms with van der Waals surface area (Å²) in [7, 11) is 0. The van der Waals surface area contributed by atoms with Gasteiger partial charge in [0.25, 0.3) is 0 Å². The maximum absolute atomic E-state index is 11.9. The van der Waals surface area contributed by atoms with Crippen LogP contribution in [0.15, 0.2) is 36.9 Å². The first-order chi connectivity index (χ1) is 8.17. The van der Waals surface area contributed by atoms with Gasteiger partial charge in [-0.1, -0.05) is 35.9 Å². The first-order valence-corrected chi connectivity index (χ1v) is 5.72. The van der Waals surface area contributed by atoms with E-state index >= 15 is 0 Å². The molecule has 0 aromatic heterocycles. The highest BCUT2D eigenvalue weighted by Gasteiger charge is 2.11. The standard InChI is InChI=1S/C14H19NO2/c1-3-8-15(9-10-16)14(17)11-13-6-4-12(2)5-7-13/h3-7,16H,1,8-11H2,2H3. The molecule has 1 amide bonds. The van der Waals surface area contributed by atoms with Crippen LogP contribution >= 0.6 is 0 Å².